The van der Waals surface area contributed by atoms with Crippen molar-refractivity contribution < 1.29 is 14.3 Å². The van der Waals surface area contributed by atoms with Gasteiger partial charge in [0.25, 0.3) is 0 Å². The van der Waals surface area contributed by atoms with E-state index in [1.165, 1.54) is 12.7 Å². The molecule has 0 aliphatic carbocycles. The summed E-state index contributed by atoms with van der Waals surface area (Å²) < 4.78 is 12.6. The number of esters is 1. The number of benzene rings is 2. The van der Waals surface area contributed by atoms with E-state index in [2.05, 4.69) is 61.1 Å². The molecule has 192 valence electrons. The summed E-state index contributed by atoms with van der Waals surface area (Å²) in [5, 5.41) is 4.86. The molecule has 0 spiro atoms. The van der Waals surface area contributed by atoms with Crippen LogP contribution in [0.25, 0.3) is 28.0 Å². The lowest BCUT2D eigenvalue weighted by Crippen LogP contribution is -2.05. The lowest BCUT2D eigenvalue weighted by molar-refractivity contribution is 0.0594. The third-order valence-corrected chi connectivity index (χ3v) is 6.72. The van der Waals surface area contributed by atoms with Crippen molar-refractivity contribution in [2.75, 3.05) is 7.11 Å². The summed E-state index contributed by atoms with van der Waals surface area (Å²) in [6.45, 7) is 6.87. The molecule has 0 N–H and O–H groups in total. The number of fused-ring (bicyclic) bond motifs is 1. The Labute approximate surface area is 222 Å². The average Bonchev–Trinajstić information content (AvgIpc) is 3.35. The number of hydrogen-bond acceptors (Lipinski definition) is 6. The molecule has 1 unspecified atom stereocenters. The fourth-order valence-electron chi connectivity index (χ4n) is 4.26. The molecule has 2 aromatic carbocycles. The van der Waals surface area contributed by atoms with Crippen LogP contribution in [0, 0.1) is 6.92 Å². The number of aryl methyl sites for hydroxylation is 1. The van der Waals surface area contributed by atoms with Crippen LogP contribution in [-0.2, 0) is 11.3 Å². The molecule has 3 heterocycles. The molecule has 5 aromatic rings. The first-order valence-corrected chi connectivity index (χ1v) is 12.7. The van der Waals surface area contributed by atoms with E-state index in [4.69, 9.17) is 14.6 Å². The molecule has 3 aromatic heterocycles. The Morgan fingerprint density at radius 1 is 1.00 bits per heavy atom. The molecule has 38 heavy (non-hydrogen) atoms. The van der Waals surface area contributed by atoms with Crippen molar-refractivity contribution in [1.82, 2.24) is 19.6 Å². The molecule has 0 saturated heterocycles. The molecule has 7 nitrogen and oxygen atoms in total. The Hall–Kier alpha value is -4.52. The van der Waals surface area contributed by atoms with Crippen LogP contribution in [0.1, 0.15) is 53.5 Å². The SMILES string of the molecule is CCC(C)c1cc(-c2nn3ccc(C(=O)OC)nc3c2-c2ccc(OCc3ccc(C)cc3)cc2)ccn1. The van der Waals surface area contributed by atoms with Crippen molar-refractivity contribution in [3.8, 4) is 28.1 Å². The zero-order valence-corrected chi connectivity index (χ0v) is 22.0. The van der Waals surface area contributed by atoms with Crippen molar-refractivity contribution in [2.45, 2.75) is 39.7 Å². The van der Waals surface area contributed by atoms with Gasteiger partial charge in [0.1, 0.15) is 18.1 Å². The van der Waals surface area contributed by atoms with E-state index in [9.17, 15) is 4.79 Å². The first kappa shape index (κ1) is 25.1. The topological polar surface area (TPSA) is 78.6 Å². The first-order chi connectivity index (χ1) is 18.5. The van der Waals surface area contributed by atoms with Crippen molar-refractivity contribution in [1.29, 1.82) is 0 Å². The molecule has 7 heteroatoms. The first-order valence-electron chi connectivity index (χ1n) is 12.7. The standard InChI is InChI=1S/C31H30N4O3/c1-5-21(3)27-18-24(14-16-32-27)29-28(30-33-26(31(36)37-4)15-17-35(30)34-29)23-10-12-25(13-11-23)38-19-22-8-6-20(2)7-9-22/h6-18,21H,5,19H2,1-4H3. The van der Waals surface area contributed by atoms with Gasteiger partial charge in [0, 0.05) is 23.7 Å². The smallest absolute Gasteiger partial charge is 0.356 e. The molecule has 0 saturated carbocycles. The van der Waals surface area contributed by atoms with Crippen LogP contribution in [0.4, 0.5) is 0 Å². The number of ether oxygens (including phenoxy) is 2. The molecule has 0 radical (unpaired) electrons. The van der Waals surface area contributed by atoms with Crippen LogP contribution in [-0.4, -0.2) is 32.7 Å². The van der Waals surface area contributed by atoms with E-state index in [1.54, 1.807) is 16.8 Å². The van der Waals surface area contributed by atoms with Crippen LogP contribution >= 0.6 is 0 Å². The number of carbonyl (C=O) groups excluding carboxylic acids is 1. The third-order valence-electron chi connectivity index (χ3n) is 6.72. The lowest BCUT2D eigenvalue weighted by Gasteiger charge is -2.10. The second-order valence-electron chi connectivity index (χ2n) is 9.37. The summed E-state index contributed by atoms with van der Waals surface area (Å²) in [5.41, 5.74) is 7.57. The molecular weight excluding hydrogens is 476 g/mol. The number of carbonyl (C=O) groups is 1. The van der Waals surface area contributed by atoms with E-state index in [0.29, 0.717) is 18.2 Å². The Morgan fingerprint density at radius 3 is 2.47 bits per heavy atom. The van der Waals surface area contributed by atoms with Crippen molar-refractivity contribution in [3.05, 3.63) is 102 Å². The van der Waals surface area contributed by atoms with E-state index >= 15 is 0 Å². The quantitative estimate of drug-likeness (QED) is 0.219. The molecule has 0 fully saturated rings. The molecule has 0 bridgehead atoms. The van der Waals surface area contributed by atoms with E-state index < -0.39 is 5.97 Å². The van der Waals surface area contributed by atoms with Crippen LogP contribution < -0.4 is 4.74 Å². The van der Waals surface area contributed by atoms with Gasteiger partial charge in [-0.15, -0.1) is 0 Å². The summed E-state index contributed by atoms with van der Waals surface area (Å²) in [6.07, 6.45) is 4.54. The zero-order valence-electron chi connectivity index (χ0n) is 22.0. The highest BCUT2D eigenvalue weighted by Gasteiger charge is 2.21. The van der Waals surface area contributed by atoms with Crippen LogP contribution in [0.3, 0.4) is 0 Å². The van der Waals surface area contributed by atoms with Gasteiger partial charge in [-0.2, -0.15) is 5.10 Å². The fourth-order valence-corrected chi connectivity index (χ4v) is 4.26. The predicted octanol–water partition coefficient (Wildman–Crippen LogP) is 6.65. The number of aromatic nitrogens is 4. The van der Waals surface area contributed by atoms with Gasteiger partial charge >= 0.3 is 5.97 Å². The average molecular weight is 507 g/mol. The van der Waals surface area contributed by atoms with Gasteiger partial charge in [-0.3, -0.25) is 4.98 Å². The zero-order chi connectivity index (χ0) is 26.6. The van der Waals surface area contributed by atoms with Gasteiger partial charge < -0.3 is 9.47 Å². The van der Waals surface area contributed by atoms with Gasteiger partial charge in [-0.25, -0.2) is 14.3 Å². The molecule has 0 amide bonds. The number of nitrogens with zero attached hydrogens (tertiary/aromatic N) is 4. The van der Waals surface area contributed by atoms with E-state index in [0.717, 1.165) is 45.8 Å². The molecule has 0 aliphatic rings. The highest BCUT2D eigenvalue weighted by Crippen LogP contribution is 2.36. The maximum Gasteiger partial charge on any atom is 0.356 e. The number of pyridine rings is 1. The summed E-state index contributed by atoms with van der Waals surface area (Å²) >= 11 is 0. The van der Waals surface area contributed by atoms with Gasteiger partial charge in [-0.05, 0) is 60.7 Å². The lowest BCUT2D eigenvalue weighted by atomic mass is 9.98. The summed E-state index contributed by atoms with van der Waals surface area (Å²) in [4.78, 5) is 21.4. The molecule has 1 atom stereocenters. The Kier molecular flexibility index (Phi) is 7.18. The maximum absolute atomic E-state index is 12.2. The van der Waals surface area contributed by atoms with Gasteiger partial charge in [0.05, 0.1) is 12.7 Å². The molecule has 0 aliphatic heterocycles. The van der Waals surface area contributed by atoms with E-state index in [-0.39, 0.29) is 5.69 Å². The Balaban J connectivity index is 1.56. The number of rotatable bonds is 8. The molecule has 5 rings (SSSR count). The van der Waals surface area contributed by atoms with Gasteiger partial charge in [0.2, 0.25) is 0 Å². The van der Waals surface area contributed by atoms with Gasteiger partial charge in [-0.1, -0.05) is 55.8 Å². The second-order valence-corrected chi connectivity index (χ2v) is 9.37. The predicted molar refractivity (Wildman–Crippen MR) is 147 cm³/mol. The summed E-state index contributed by atoms with van der Waals surface area (Å²) in [5.74, 6) is 0.590. The summed E-state index contributed by atoms with van der Waals surface area (Å²) in [7, 11) is 1.35. The highest BCUT2D eigenvalue weighted by atomic mass is 16.5. The largest absolute Gasteiger partial charge is 0.489 e. The number of hydrogen-bond donors (Lipinski definition) is 0. The maximum atomic E-state index is 12.2. The van der Waals surface area contributed by atoms with Gasteiger partial charge in [0.15, 0.2) is 11.3 Å². The van der Waals surface area contributed by atoms with E-state index in [1.807, 2.05) is 36.5 Å². The second kappa shape index (κ2) is 10.8. The van der Waals surface area contributed by atoms with Crippen molar-refractivity contribution in [3.63, 3.8) is 0 Å². The van der Waals surface area contributed by atoms with Crippen LogP contribution in [0.5, 0.6) is 5.75 Å². The third kappa shape index (κ3) is 5.13. The Bertz CT molecular complexity index is 1570. The fraction of sp³-hybridized carbons (Fsp3) is 0.226. The highest BCUT2D eigenvalue weighted by molar-refractivity contribution is 5.93. The number of methoxy groups -OCH3 is 1. The monoisotopic (exact) mass is 506 g/mol. The van der Waals surface area contributed by atoms with Crippen LogP contribution in [0.15, 0.2) is 79.1 Å². The van der Waals surface area contributed by atoms with Crippen molar-refractivity contribution in [2.24, 2.45) is 0 Å². The minimum atomic E-state index is -0.496. The normalized spacial score (nSPS) is 11.9. The van der Waals surface area contributed by atoms with Crippen LogP contribution in [0.2, 0.25) is 0 Å². The molecular formula is C31H30N4O3. The summed E-state index contributed by atoms with van der Waals surface area (Å²) in [6, 6.07) is 21.8. The minimum absolute atomic E-state index is 0.223. The van der Waals surface area contributed by atoms with Crippen molar-refractivity contribution >= 4 is 11.6 Å². The minimum Gasteiger partial charge on any atom is -0.489 e. The Morgan fingerprint density at radius 2 is 1.76 bits per heavy atom.